The fraction of sp³-hybridized carbons (Fsp3) is 0.615. The molecule has 0 radical (unpaired) electrons. The van der Waals surface area contributed by atoms with Crippen molar-refractivity contribution in [3.63, 3.8) is 0 Å². The summed E-state index contributed by atoms with van der Waals surface area (Å²) in [6.07, 6.45) is 7.73. The molecule has 0 unspecified atom stereocenters. The Morgan fingerprint density at radius 2 is 2.18 bits per heavy atom. The molecule has 0 atom stereocenters. The van der Waals surface area contributed by atoms with Crippen molar-refractivity contribution >= 4 is 5.97 Å². The molecular weight excluding hydrogens is 218 g/mol. The Hall–Kier alpha value is -1.29. The van der Waals surface area contributed by atoms with Gasteiger partial charge >= 0.3 is 5.97 Å². The number of hydrogen-bond acceptors (Lipinski definition) is 3. The van der Waals surface area contributed by atoms with Crippen LogP contribution < -0.4 is 0 Å². The summed E-state index contributed by atoms with van der Waals surface area (Å²) in [5.74, 6) is -0.198. The summed E-state index contributed by atoms with van der Waals surface area (Å²) in [6, 6.07) is 2.23. The zero-order valence-electron chi connectivity index (χ0n) is 10.2. The number of rotatable bonds is 4. The van der Waals surface area contributed by atoms with E-state index in [-0.39, 0.29) is 5.56 Å². The molecule has 0 aliphatic heterocycles. The number of hydrogen-bond donors (Lipinski definition) is 1. The quantitative estimate of drug-likeness (QED) is 0.874. The molecule has 4 heteroatoms. The van der Waals surface area contributed by atoms with Crippen LogP contribution in [0, 0.1) is 0 Å². The summed E-state index contributed by atoms with van der Waals surface area (Å²) in [5.41, 5.74) is 0.233. The van der Waals surface area contributed by atoms with Gasteiger partial charge in [0.25, 0.3) is 0 Å². The molecule has 0 bridgehead atoms. The van der Waals surface area contributed by atoms with Crippen molar-refractivity contribution in [1.29, 1.82) is 0 Å². The van der Waals surface area contributed by atoms with Crippen molar-refractivity contribution in [3.8, 4) is 0 Å². The van der Waals surface area contributed by atoms with Crippen LogP contribution in [0.2, 0.25) is 0 Å². The molecule has 1 heterocycles. The fourth-order valence-corrected chi connectivity index (χ4v) is 2.47. The molecule has 0 amide bonds. The van der Waals surface area contributed by atoms with Gasteiger partial charge in [-0.2, -0.15) is 0 Å². The van der Waals surface area contributed by atoms with E-state index in [1.54, 1.807) is 6.07 Å². The molecular formula is C13H19NO3. The third-order valence-corrected chi connectivity index (χ3v) is 3.50. The van der Waals surface area contributed by atoms with Gasteiger partial charge in [0.2, 0.25) is 0 Å². The fourth-order valence-electron chi connectivity index (χ4n) is 2.47. The van der Waals surface area contributed by atoms with Crippen LogP contribution in [0.4, 0.5) is 0 Å². The lowest BCUT2D eigenvalue weighted by Crippen LogP contribution is -2.32. The smallest absolute Gasteiger partial charge is 0.338 e. The molecule has 1 aliphatic carbocycles. The lowest BCUT2D eigenvalue weighted by molar-refractivity contribution is 0.0696. The van der Waals surface area contributed by atoms with Crippen molar-refractivity contribution in [2.24, 2.45) is 0 Å². The highest BCUT2D eigenvalue weighted by atomic mass is 16.4. The van der Waals surface area contributed by atoms with Crippen molar-refractivity contribution < 1.29 is 14.3 Å². The first-order chi connectivity index (χ1) is 8.16. The van der Waals surface area contributed by atoms with Gasteiger partial charge in [-0.25, -0.2) is 4.79 Å². The van der Waals surface area contributed by atoms with E-state index >= 15 is 0 Å². The SMILES string of the molecule is CN(Cc1cc(C(=O)O)co1)C1CCCCC1. The molecule has 1 aromatic heterocycles. The third-order valence-electron chi connectivity index (χ3n) is 3.50. The number of aromatic carboxylic acids is 1. The van der Waals surface area contributed by atoms with Gasteiger partial charge in [0.05, 0.1) is 12.1 Å². The van der Waals surface area contributed by atoms with Gasteiger partial charge in [0.15, 0.2) is 0 Å². The minimum absolute atomic E-state index is 0.233. The van der Waals surface area contributed by atoms with Gasteiger partial charge in [0, 0.05) is 6.04 Å². The Kier molecular flexibility index (Phi) is 3.84. The van der Waals surface area contributed by atoms with Crippen LogP contribution in [0.1, 0.15) is 48.2 Å². The highest BCUT2D eigenvalue weighted by Gasteiger charge is 2.19. The first-order valence-electron chi connectivity index (χ1n) is 6.18. The predicted molar refractivity (Wildman–Crippen MR) is 64.0 cm³/mol. The molecule has 2 rings (SSSR count). The number of furan rings is 1. The highest BCUT2D eigenvalue weighted by Crippen LogP contribution is 2.23. The second kappa shape index (κ2) is 5.36. The van der Waals surface area contributed by atoms with Crippen LogP contribution >= 0.6 is 0 Å². The van der Waals surface area contributed by atoms with Gasteiger partial charge in [0.1, 0.15) is 12.0 Å². The molecule has 4 nitrogen and oxygen atoms in total. The van der Waals surface area contributed by atoms with Crippen molar-refractivity contribution in [3.05, 3.63) is 23.7 Å². The number of carboxylic acid groups (broad SMARTS) is 1. The molecule has 94 valence electrons. The number of carboxylic acids is 1. The molecule has 0 aromatic carbocycles. The lowest BCUT2D eigenvalue weighted by Gasteiger charge is -2.30. The zero-order valence-corrected chi connectivity index (χ0v) is 10.2. The Bertz CT molecular complexity index is 380. The van der Waals surface area contributed by atoms with Crippen LogP contribution in [0.3, 0.4) is 0 Å². The largest absolute Gasteiger partial charge is 0.478 e. The summed E-state index contributed by atoms with van der Waals surface area (Å²) in [7, 11) is 2.08. The maximum Gasteiger partial charge on any atom is 0.338 e. The maximum atomic E-state index is 10.7. The standard InChI is InChI=1S/C13H19NO3/c1-14(11-5-3-2-4-6-11)8-12-7-10(9-17-12)13(15)16/h7,9,11H,2-6,8H2,1H3,(H,15,16). The van der Waals surface area contributed by atoms with Gasteiger partial charge in [-0.1, -0.05) is 19.3 Å². The topological polar surface area (TPSA) is 53.7 Å². The highest BCUT2D eigenvalue weighted by molar-refractivity contribution is 5.87. The monoisotopic (exact) mass is 237 g/mol. The van der Waals surface area contributed by atoms with E-state index < -0.39 is 5.97 Å². The lowest BCUT2D eigenvalue weighted by atomic mass is 9.94. The molecule has 1 aromatic rings. The second-order valence-electron chi connectivity index (χ2n) is 4.81. The normalized spacial score (nSPS) is 17.5. The van der Waals surface area contributed by atoms with Crippen molar-refractivity contribution in [1.82, 2.24) is 4.90 Å². The molecule has 17 heavy (non-hydrogen) atoms. The van der Waals surface area contributed by atoms with Crippen LogP contribution in [0.15, 0.2) is 16.7 Å². The number of carbonyl (C=O) groups is 1. The van der Waals surface area contributed by atoms with Crippen LogP contribution in [0.25, 0.3) is 0 Å². The average Bonchev–Trinajstić information content (AvgIpc) is 2.79. The van der Waals surface area contributed by atoms with E-state index in [2.05, 4.69) is 11.9 Å². The summed E-state index contributed by atoms with van der Waals surface area (Å²) >= 11 is 0. The summed E-state index contributed by atoms with van der Waals surface area (Å²) in [5, 5.41) is 8.81. The predicted octanol–water partition coefficient (Wildman–Crippen LogP) is 2.74. The summed E-state index contributed by atoms with van der Waals surface area (Å²) in [4.78, 5) is 13.0. The Balaban J connectivity index is 1.92. The van der Waals surface area contributed by atoms with E-state index in [1.165, 1.54) is 38.4 Å². The first kappa shape index (κ1) is 12.2. The van der Waals surface area contributed by atoms with Gasteiger partial charge in [-0.15, -0.1) is 0 Å². The molecule has 0 saturated heterocycles. The molecule has 1 fully saturated rings. The van der Waals surface area contributed by atoms with Crippen LogP contribution in [0.5, 0.6) is 0 Å². The minimum atomic E-state index is -0.930. The zero-order chi connectivity index (χ0) is 12.3. The van der Waals surface area contributed by atoms with E-state index in [0.29, 0.717) is 12.6 Å². The van der Waals surface area contributed by atoms with Crippen molar-refractivity contribution in [2.45, 2.75) is 44.7 Å². The van der Waals surface area contributed by atoms with Crippen LogP contribution in [-0.4, -0.2) is 29.1 Å². The molecule has 1 N–H and O–H groups in total. The molecule has 1 saturated carbocycles. The molecule has 1 aliphatic rings. The Morgan fingerprint density at radius 3 is 2.76 bits per heavy atom. The van der Waals surface area contributed by atoms with E-state index in [1.807, 2.05) is 0 Å². The maximum absolute atomic E-state index is 10.7. The second-order valence-corrected chi connectivity index (χ2v) is 4.81. The number of nitrogens with zero attached hydrogens (tertiary/aromatic N) is 1. The Morgan fingerprint density at radius 1 is 1.47 bits per heavy atom. The third kappa shape index (κ3) is 3.09. The molecule has 0 spiro atoms. The Labute approximate surface area is 101 Å². The van der Waals surface area contributed by atoms with Gasteiger partial charge < -0.3 is 9.52 Å². The van der Waals surface area contributed by atoms with Crippen molar-refractivity contribution in [2.75, 3.05) is 7.05 Å². The van der Waals surface area contributed by atoms with E-state index in [4.69, 9.17) is 9.52 Å². The minimum Gasteiger partial charge on any atom is -0.478 e. The summed E-state index contributed by atoms with van der Waals surface area (Å²) < 4.78 is 5.26. The summed E-state index contributed by atoms with van der Waals surface area (Å²) in [6.45, 7) is 0.692. The van der Waals surface area contributed by atoms with Gasteiger partial charge in [-0.05, 0) is 26.0 Å². The van der Waals surface area contributed by atoms with Crippen LogP contribution in [-0.2, 0) is 6.54 Å². The average molecular weight is 237 g/mol. The first-order valence-corrected chi connectivity index (χ1v) is 6.18. The van der Waals surface area contributed by atoms with E-state index in [0.717, 1.165) is 5.76 Å². The van der Waals surface area contributed by atoms with E-state index in [9.17, 15) is 4.79 Å². The van der Waals surface area contributed by atoms with Gasteiger partial charge in [-0.3, -0.25) is 4.90 Å².